The first-order valence-electron chi connectivity index (χ1n) is 10.1. The number of benzene rings is 1. The molecule has 4 rings (SSSR count). The van der Waals surface area contributed by atoms with Gasteiger partial charge in [-0.15, -0.1) is 11.3 Å². The van der Waals surface area contributed by atoms with E-state index in [2.05, 4.69) is 10.5 Å². The van der Waals surface area contributed by atoms with Gasteiger partial charge in [0.25, 0.3) is 11.5 Å². The minimum Gasteiger partial charge on any atom is -0.372 e. The summed E-state index contributed by atoms with van der Waals surface area (Å²) in [6, 6.07) is 5.56. The van der Waals surface area contributed by atoms with Crippen molar-refractivity contribution in [3.05, 3.63) is 55.2 Å². The van der Waals surface area contributed by atoms with E-state index in [4.69, 9.17) is 28.0 Å². The number of halogens is 5. The van der Waals surface area contributed by atoms with Crippen LogP contribution in [0.1, 0.15) is 51.9 Å². The number of alkyl halides is 3. The van der Waals surface area contributed by atoms with E-state index < -0.39 is 18.2 Å². The summed E-state index contributed by atoms with van der Waals surface area (Å²) < 4.78 is 42.5. The number of nitrogens with zero attached hydrogens (tertiary/aromatic N) is 2. The van der Waals surface area contributed by atoms with E-state index in [9.17, 15) is 18.0 Å². The molecule has 1 amide bonds. The first kappa shape index (κ1) is 23.2. The molecule has 1 unspecified atom stereocenters. The van der Waals surface area contributed by atoms with E-state index in [1.54, 1.807) is 11.0 Å². The summed E-state index contributed by atoms with van der Waals surface area (Å²) in [5.74, 6) is 0.0654. The van der Waals surface area contributed by atoms with Gasteiger partial charge in [-0.1, -0.05) is 41.7 Å². The highest BCUT2D eigenvalue weighted by Crippen LogP contribution is 2.50. The van der Waals surface area contributed by atoms with Crippen molar-refractivity contribution in [3.8, 4) is 0 Å². The summed E-state index contributed by atoms with van der Waals surface area (Å²) in [5, 5.41) is 6.85. The molecule has 172 valence electrons. The lowest BCUT2D eigenvalue weighted by molar-refractivity contribution is -0.275. The molecule has 0 fully saturated rings. The second-order valence-corrected chi connectivity index (χ2v) is 9.79. The number of carbonyl (C=O) groups is 1. The third kappa shape index (κ3) is 4.30. The van der Waals surface area contributed by atoms with Crippen LogP contribution in [0.25, 0.3) is 0 Å². The average Bonchev–Trinajstić information content (AvgIpc) is 3.40. The van der Waals surface area contributed by atoms with Gasteiger partial charge in [0.2, 0.25) is 0 Å². The van der Waals surface area contributed by atoms with Crippen molar-refractivity contribution in [3.63, 3.8) is 0 Å². The van der Waals surface area contributed by atoms with Crippen molar-refractivity contribution >= 4 is 46.3 Å². The minimum absolute atomic E-state index is 0.0845. The number of fused-ring (bicyclic) bond motifs is 1. The molecule has 2 aliphatic heterocycles. The van der Waals surface area contributed by atoms with Gasteiger partial charge < -0.3 is 15.1 Å². The average molecular weight is 506 g/mol. The van der Waals surface area contributed by atoms with E-state index in [0.717, 1.165) is 23.3 Å². The minimum atomic E-state index is -4.74. The fourth-order valence-corrected chi connectivity index (χ4v) is 5.41. The Kier molecular flexibility index (Phi) is 6.35. The van der Waals surface area contributed by atoms with Gasteiger partial charge in [0.1, 0.15) is 5.84 Å². The van der Waals surface area contributed by atoms with E-state index in [1.807, 2.05) is 6.92 Å². The number of hydrogen-bond acceptors (Lipinski definition) is 5. The van der Waals surface area contributed by atoms with Crippen LogP contribution in [0.5, 0.6) is 0 Å². The van der Waals surface area contributed by atoms with Crippen LogP contribution in [-0.2, 0) is 23.5 Å². The Morgan fingerprint density at radius 1 is 1.25 bits per heavy atom. The summed E-state index contributed by atoms with van der Waals surface area (Å²) in [4.78, 5) is 20.6. The Labute approximate surface area is 197 Å². The van der Waals surface area contributed by atoms with Crippen LogP contribution in [0.15, 0.2) is 29.4 Å². The highest BCUT2D eigenvalue weighted by atomic mass is 35.5. The summed E-state index contributed by atoms with van der Waals surface area (Å²) in [7, 11) is 0. The topological polar surface area (TPSA) is 53.9 Å². The second-order valence-electron chi connectivity index (χ2n) is 7.78. The number of amidine groups is 1. The van der Waals surface area contributed by atoms with Crippen molar-refractivity contribution in [1.82, 2.24) is 10.2 Å². The Bertz CT molecular complexity index is 1030. The number of nitrogens with one attached hydrogen (secondary N) is 1. The third-order valence-corrected chi connectivity index (χ3v) is 7.09. The first-order chi connectivity index (χ1) is 15.1. The lowest BCUT2D eigenvalue weighted by atomic mass is 9.89. The van der Waals surface area contributed by atoms with E-state index in [0.29, 0.717) is 24.5 Å². The normalized spacial score (nSPS) is 20.2. The molecular formula is C21H20Cl2F3N3O2S. The zero-order chi connectivity index (χ0) is 23.1. The van der Waals surface area contributed by atoms with Crippen molar-refractivity contribution in [2.45, 2.75) is 51.1 Å². The Morgan fingerprint density at radius 2 is 1.97 bits per heavy atom. The number of hydrogen-bond donors (Lipinski definition) is 1. The maximum Gasteiger partial charge on any atom is 0.435 e. The van der Waals surface area contributed by atoms with E-state index >= 15 is 0 Å². The van der Waals surface area contributed by atoms with Gasteiger partial charge >= 0.3 is 6.18 Å². The van der Waals surface area contributed by atoms with Crippen molar-refractivity contribution < 1.29 is 22.8 Å². The van der Waals surface area contributed by atoms with Crippen molar-refractivity contribution in [2.24, 2.45) is 5.16 Å². The summed E-state index contributed by atoms with van der Waals surface area (Å²) in [5.41, 5.74) is -1.94. The molecule has 5 nitrogen and oxygen atoms in total. The van der Waals surface area contributed by atoms with Gasteiger partial charge in [0.15, 0.2) is 0 Å². The van der Waals surface area contributed by atoms with Gasteiger partial charge in [-0.05, 0) is 36.2 Å². The maximum absolute atomic E-state index is 14.2. The fraction of sp³-hybridized carbons (Fsp3) is 0.429. The van der Waals surface area contributed by atoms with Crippen LogP contribution >= 0.6 is 34.5 Å². The molecule has 0 spiro atoms. The van der Waals surface area contributed by atoms with Gasteiger partial charge in [-0.25, -0.2) is 0 Å². The monoisotopic (exact) mass is 505 g/mol. The summed E-state index contributed by atoms with van der Waals surface area (Å²) in [6.45, 7) is 3.39. The molecule has 0 bridgehead atoms. The Morgan fingerprint density at radius 3 is 2.59 bits per heavy atom. The molecule has 1 aromatic heterocycles. The maximum atomic E-state index is 14.2. The summed E-state index contributed by atoms with van der Waals surface area (Å²) >= 11 is 13.2. The molecule has 3 heterocycles. The standard InChI is InChI=1S/C21H20Cl2F3N3O2S/c1-2-3-4-27-19(30)16-5-12-10-29(11-17(12)32-16)18-9-20(31-28-18,21(24,25)26)13-6-14(22)8-15(23)7-13/h5-8H,2-4,9-11H2,1H3,(H,27,30). The molecule has 2 aliphatic rings. The molecule has 0 saturated heterocycles. The highest BCUT2D eigenvalue weighted by Gasteiger charge is 2.63. The molecule has 0 saturated carbocycles. The molecular weight excluding hydrogens is 486 g/mol. The van der Waals surface area contributed by atoms with Crippen LogP contribution in [0.2, 0.25) is 10.0 Å². The zero-order valence-electron chi connectivity index (χ0n) is 17.1. The second kappa shape index (κ2) is 8.76. The predicted octanol–water partition coefficient (Wildman–Crippen LogP) is 6.09. The third-order valence-electron chi connectivity index (χ3n) is 5.50. The smallest absolute Gasteiger partial charge is 0.372 e. The molecule has 0 radical (unpaired) electrons. The lowest BCUT2D eigenvalue weighted by Gasteiger charge is -2.30. The number of oxime groups is 1. The Balaban J connectivity index is 1.49. The molecule has 0 aliphatic carbocycles. The number of thiophene rings is 1. The van der Waals surface area contributed by atoms with Gasteiger partial charge in [0, 0.05) is 33.6 Å². The first-order valence-corrected chi connectivity index (χ1v) is 11.6. The van der Waals surface area contributed by atoms with Crippen LogP contribution in [-0.4, -0.2) is 29.4 Å². The molecule has 11 heteroatoms. The molecule has 1 N–H and O–H groups in total. The number of amides is 1. The molecule has 32 heavy (non-hydrogen) atoms. The van der Waals surface area contributed by atoms with Crippen molar-refractivity contribution in [1.29, 1.82) is 0 Å². The zero-order valence-corrected chi connectivity index (χ0v) is 19.4. The predicted molar refractivity (Wildman–Crippen MR) is 118 cm³/mol. The SMILES string of the molecule is CCCCNC(=O)c1cc2c(s1)CN(C1=NOC(c3cc(Cl)cc(Cl)c3)(C(F)(F)F)C1)C2. The van der Waals surface area contributed by atoms with Crippen molar-refractivity contribution in [2.75, 3.05) is 6.54 Å². The van der Waals surface area contributed by atoms with Gasteiger partial charge in [-0.2, -0.15) is 13.2 Å². The van der Waals surface area contributed by atoms with Gasteiger partial charge in [0.05, 0.1) is 17.8 Å². The number of rotatable bonds is 5. The van der Waals surface area contributed by atoms with Crippen LogP contribution in [0.3, 0.4) is 0 Å². The lowest BCUT2D eigenvalue weighted by Crippen LogP contribution is -2.43. The van der Waals surface area contributed by atoms with E-state index in [1.165, 1.54) is 29.5 Å². The largest absolute Gasteiger partial charge is 0.435 e. The highest BCUT2D eigenvalue weighted by molar-refractivity contribution is 7.14. The number of carbonyl (C=O) groups excluding carboxylic acids is 1. The Hall–Kier alpha value is -1.97. The molecule has 1 atom stereocenters. The van der Waals surface area contributed by atoms with Gasteiger partial charge in [-0.3, -0.25) is 4.79 Å². The fourth-order valence-electron chi connectivity index (χ4n) is 3.77. The van der Waals surface area contributed by atoms with Crippen LogP contribution in [0.4, 0.5) is 13.2 Å². The number of unbranched alkanes of at least 4 members (excludes halogenated alkanes) is 1. The molecule has 1 aromatic carbocycles. The summed E-state index contributed by atoms with van der Waals surface area (Å²) in [6.07, 6.45) is -3.34. The quantitative estimate of drug-likeness (QED) is 0.500. The van der Waals surface area contributed by atoms with Crippen LogP contribution in [0, 0.1) is 0 Å². The van der Waals surface area contributed by atoms with E-state index in [-0.39, 0.29) is 27.4 Å². The van der Waals surface area contributed by atoms with Crippen LogP contribution < -0.4 is 5.32 Å². The molecule has 2 aromatic rings.